The van der Waals surface area contributed by atoms with Gasteiger partial charge in [0.25, 0.3) is 0 Å². The molecule has 186 valence electrons. The molecule has 2 aromatic carbocycles. The van der Waals surface area contributed by atoms with Gasteiger partial charge in [0.15, 0.2) is 0 Å². The minimum Gasteiger partial charge on any atom is -0.480 e. The molecule has 0 fully saturated rings. The SMILES string of the molecule is CC(C)(C)OC(=O)N[C@@H](Cc1cccc(Br)c1)C(=O)O.COC(=O)[C@@H](N)Cc1cccc(Br)c1. The molecule has 8 nitrogen and oxygen atoms in total. The van der Waals surface area contributed by atoms with Crippen molar-refractivity contribution in [3.05, 3.63) is 68.6 Å². The molecule has 0 aliphatic heterocycles. The van der Waals surface area contributed by atoms with Gasteiger partial charge in [0.05, 0.1) is 7.11 Å². The highest BCUT2D eigenvalue weighted by Crippen LogP contribution is 2.14. The number of rotatable bonds is 7. The lowest BCUT2D eigenvalue weighted by Crippen LogP contribution is -2.44. The van der Waals surface area contributed by atoms with Crippen molar-refractivity contribution in [2.45, 2.75) is 51.3 Å². The summed E-state index contributed by atoms with van der Waals surface area (Å²) in [6.07, 6.45) is -0.0555. The summed E-state index contributed by atoms with van der Waals surface area (Å²) in [4.78, 5) is 33.9. The maximum absolute atomic E-state index is 11.6. The van der Waals surface area contributed by atoms with Crippen LogP contribution in [-0.2, 0) is 31.9 Å². The maximum Gasteiger partial charge on any atom is 0.408 e. The van der Waals surface area contributed by atoms with Crippen molar-refractivity contribution in [3.63, 3.8) is 0 Å². The second-order valence-corrected chi connectivity index (χ2v) is 10.2. The number of carboxylic acids is 1. The predicted octanol–water partition coefficient (Wildman–Crippen LogP) is 4.46. The second kappa shape index (κ2) is 14.1. The van der Waals surface area contributed by atoms with Crippen molar-refractivity contribution >= 4 is 49.9 Å². The molecule has 0 spiro atoms. The van der Waals surface area contributed by atoms with E-state index in [4.69, 9.17) is 15.6 Å². The highest BCUT2D eigenvalue weighted by atomic mass is 79.9. The zero-order chi connectivity index (χ0) is 25.9. The van der Waals surface area contributed by atoms with Crippen LogP contribution in [0.4, 0.5) is 4.79 Å². The van der Waals surface area contributed by atoms with E-state index in [1.807, 2.05) is 42.5 Å². The van der Waals surface area contributed by atoms with E-state index >= 15 is 0 Å². The lowest BCUT2D eigenvalue weighted by molar-refractivity contribution is -0.142. The van der Waals surface area contributed by atoms with Crippen LogP contribution in [-0.4, -0.2) is 47.9 Å². The number of aliphatic carboxylic acids is 1. The third-order valence-electron chi connectivity index (χ3n) is 4.17. The maximum atomic E-state index is 11.6. The van der Waals surface area contributed by atoms with Crippen LogP contribution in [0.15, 0.2) is 57.5 Å². The Hall–Kier alpha value is -2.43. The van der Waals surface area contributed by atoms with E-state index in [2.05, 4.69) is 41.9 Å². The molecule has 0 aliphatic rings. The van der Waals surface area contributed by atoms with Crippen molar-refractivity contribution in [2.75, 3.05) is 7.11 Å². The molecular formula is C24H30Br2N2O6. The molecule has 0 aromatic heterocycles. The van der Waals surface area contributed by atoms with Crippen molar-refractivity contribution in [2.24, 2.45) is 5.73 Å². The first-order valence-corrected chi connectivity index (χ1v) is 11.9. The van der Waals surface area contributed by atoms with E-state index in [9.17, 15) is 14.4 Å². The number of amides is 1. The number of nitrogens with two attached hydrogens (primary N) is 1. The molecule has 2 atom stereocenters. The number of hydrogen-bond acceptors (Lipinski definition) is 6. The number of carbonyl (C=O) groups is 3. The molecule has 4 N–H and O–H groups in total. The van der Waals surface area contributed by atoms with Gasteiger partial charge in [-0.05, 0) is 62.6 Å². The molecule has 0 bridgehead atoms. The topological polar surface area (TPSA) is 128 Å². The molecule has 1 amide bonds. The van der Waals surface area contributed by atoms with Crippen molar-refractivity contribution in [3.8, 4) is 0 Å². The summed E-state index contributed by atoms with van der Waals surface area (Å²) in [5, 5.41) is 11.5. The highest BCUT2D eigenvalue weighted by Gasteiger charge is 2.24. The van der Waals surface area contributed by atoms with Gasteiger partial charge in [0.1, 0.15) is 17.7 Å². The smallest absolute Gasteiger partial charge is 0.408 e. The summed E-state index contributed by atoms with van der Waals surface area (Å²) in [6, 6.07) is 13.3. The predicted molar refractivity (Wildman–Crippen MR) is 136 cm³/mol. The Morgan fingerprint density at radius 3 is 1.91 bits per heavy atom. The lowest BCUT2D eigenvalue weighted by atomic mass is 10.1. The van der Waals surface area contributed by atoms with E-state index in [1.165, 1.54) is 7.11 Å². The molecule has 0 aliphatic carbocycles. The molecular weight excluding hydrogens is 572 g/mol. The van der Waals surface area contributed by atoms with Crippen LogP contribution in [0.3, 0.4) is 0 Å². The van der Waals surface area contributed by atoms with Crippen molar-refractivity contribution < 1.29 is 29.0 Å². The molecule has 0 saturated heterocycles. The van der Waals surface area contributed by atoms with Gasteiger partial charge in [-0.2, -0.15) is 0 Å². The van der Waals surface area contributed by atoms with Gasteiger partial charge < -0.3 is 25.6 Å². The molecule has 34 heavy (non-hydrogen) atoms. The van der Waals surface area contributed by atoms with Gasteiger partial charge in [0, 0.05) is 15.4 Å². The molecule has 0 saturated carbocycles. The summed E-state index contributed by atoms with van der Waals surface area (Å²) < 4.78 is 11.4. The van der Waals surface area contributed by atoms with Gasteiger partial charge in [0.2, 0.25) is 0 Å². The number of nitrogens with one attached hydrogen (secondary N) is 1. The standard InChI is InChI=1S/C14H18BrNO4.C10H12BrNO2/c1-14(2,3)20-13(19)16-11(12(17)18)8-9-5-4-6-10(15)7-9;1-14-10(13)9(12)6-7-3-2-4-8(11)5-7/h4-7,11H,8H2,1-3H3,(H,16,19)(H,17,18);2-5,9H,6,12H2,1H3/t11-;9-/m00/s1. The molecule has 0 heterocycles. The lowest BCUT2D eigenvalue weighted by Gasteiger charge is -2.22. The van der Waals surface area contributed by atoms with E-state index in [0.717, 1.165) is 20.1 Å². The number of esters is 1. The number of alkyl carbamates (subject to hydrolysis) is 1. The first-order valence-electron chi connectivity index (χ1n) is 10.4. The summed E-state index contributed by atoms with van der Waals surface area (Å²) in [5.41, 5.74) is 6.78. The third kappa shape index (κ3) is 12.2. The van der Waals surface area contributed by atoms with Crippen molar-refractivity contribution in [1.29, 1.82) is 0 Å². The van der Waals surface area contributed by atoms with Gasteiger partial charge in [-0.3, -0.25) is 4.79 Å². The zero-order valence-electron chi connectivity index (χ0n) is 19.5. The highest BCUT2D eigenvalue weighted by molar-refractivity contribution is 9.10. The molecule has 0 unspecified atom stereocenters. The number of methoxy groups -OCH3 is 1. The molecule has 10 heteroatoms. The molecule has 0 radical (unpaired) electrons. The Morgan fingerprint density at radius 1 is 1.00 bits per heavy atom. The van der Waals surface area contributed by atoms with E-state index < -0.39 is 29.7 Å². The largest absolute Gasteiger partial charge is 0.480 e. The number of hydrogen-bond donors (Lipinski definition) is 3. The second-order valence-electron chi connectivity index (χ2n) is 8.33. The number of ether oxygens (including phenoxy) is 2. The van der Waals surface area contributed by atoms with Gasteiger partial charge >= 0.3 is 18.0 Å². The number of halogens is 2. The summed E-state index contributed by atoms with van der Waals surface area (Å²) in [7, 11) is 1.34. The van der Waals surface area contributed by atoms with Crippen molar-refractivity contribution in [1.82, 2.24) is 5.32 Å². The van der Waals surface area contributed by atoms with Crippen LogP contribution >= 0.6 is 31.9 Å². The first kappa shape index (κ1) is 29.6. The summed E-state index contributed by atoms with van der Waals surface area (Å²) >= 11 is 6.67. The van der Waals surface area contributed by atoms with E-state index in [1.54, 1.807) is 26.8 Å². The summed E-state index contributed by atoms with van der Waals surface area (Å²) in [6.45, 7) is 5.16. The first-order chi connectivity index (χ1) is 15.8. The van der Waals surface area contributed by atoms with E-state index in [0.29, 0.717) is 6.42 Å². The van der Waals surface area contributed by atoms with Crippen LogP contribution in [0, 0.1) is 0 Å². The van der Waals surface area contributed by atoms with Crippen LogP contribution in [0.1, 0.15) is 31.9 Å². The fraction of sp³-hybridized carbons (Fsp3) is 0.375. The number of carboxylic acid groups (broad SMARTS) is 1. The zero-order valence-corrected chi connectivity index (χ0v) is 22.7. The number of carbonyl (C=O) groups excluding carboxylic acids is 2. The van der Waals surface area contributed by atoms with Gasteiger partial charge in [-0.1, -0.05) is 56.1 Å². The third-order valence-corrected chi connectivity index (χ3v) is 5.15. The average molecular weight is 602 g/mol. The Kier molecular flexibility index (Phi) is 12.3. The Labute approximate surface area is 216 Å². The molecule has 2 aromatic rings. The summed E-state index contributed by atoms with van der Waals surface area (Å²) in [5.74, 6) is -1.49. The Bertz CT molecular complexity index is 978. The van der Waals surface area contributed by atoms with Crippen LogP contribution in [0.2, 0.25) is 0 Å². The fourth-order valence-corrected chi connectivity index (χ4v) is 3.60. The van der Waals surface area contributed by atoms with E-state index in [-0.39, 0.29) is 12.4 Å². The fourth-order valence-electron chi connectivity index (χ4n) is 2.70. The molecule has 2 rings (SSSR count). The van der Waals surface area contributed by atoms with Crippen LogP contribution in [0.25, 0.3) is 0 Å². The number of benzene rings is 2. The minimum atomic E-state index is -1.10. The Morgan fingerprint density at radius 2 is 1.50 bits per heavy atom. The minimum absolute atomic E-state index is 0.189. The quantitative estimate of drug-likeness (QED) is 0.400. The van der Waals surface area contributed by atoms with Gasteiger partial charge in [-0.15, -0.1) is 0 Å². The van der Waals surface area contributed by atoms with Crippen LogP contribution < -0.4 is 11.1 Å². The normalized spacial score (nSPS) is 12.4. The average Bonchev–Trinajstić information content (AvgIpc) is 2.71. The Balaban J connectivity index is 0.000000362. The van der Waals surface area contributed by atoms with Crippen LogP contribution in [0.5, 0.6) is 0 Å². The monoisotopic (exact) mass is 600 g/mol. The van der Waals surface area contributed by atoms with Gasteiger partial charge in [-0.25, -0.2) is 9.59 Å².